The number of benzene rings is 1. The molecule has 80 valence electrons. The minimum atomic E-state index is -0.399. The molecule has 0 aliphatic carbocycles. The maximum atomic E-state index is 10.5. The molecule has 0 aliphatic rings. The molecule has 0 atom stereocenters. The van der Waals surface area contributed by atoms with Crippen LogP contribution in [0.4, 0.5) is 5.69 Å². The lowest BCUT2D eigenvalue weighted by Gasteiger charge is -1.94. The molecule has 0 unspecified atom stereocenters. The molecule has 0 saturated heterocycles. The molecular weight excluding hydrogens is 192 g/mol. The lowest BCUT2D eigenvalue weighted by Crippen LogP contribution is -1.90. The zero-order chi connectivity index (χ0) is 11.1. The van der Waals surface area contributed by atoms with Gasteiger partial charge >= 0.3 is 0 Å². The number of unbranched alkanes of at least 4 members (excludes halogenated alkanes) is 1. The molecule has 4 heteroatoms. The van der Waals surface area contributed by atoms with Gasteiger partial charge in [-0.1, -0.05) is 25.5 Å². The lowest BCUT2D eigenvalue weighted by molar-refractivity contribution is -0.384. The van der Waals surface area contributed by atoms with E-state index in [1.165, 1.54) is 12.1 Å². The zero-order valence-corrected chi connectivity index (χ0v) is 8.72. The summed E-state index contributed by atoms with van der Waals surface area (Å²) in [5.74, 6) is 0. The smallest absolute Gasteiger partial charge is 0.270 e. The summed E-state index contributed by atoms with van der Waals surface area (Å²) in [4.78, 5) is 14.3. The van der Waals surface area contributed by atoms with E-state index in [-0.39, 0.29) is 5.69 Å². The molecule has 0 bridgehead atoms. The molecule has 1 aromatic carbocycles. The third-order valence-corrected chi connectivity index (χ3v) is 1.96. The summed E-state index contributed by atoms with van der Waals surface area (Å²) in [6, 6.07) is 6.47. The van der Waals surface area contributed by atoms with E-state index in [0.29, 0.717) is 0 Å². The average molecular weight is 206 g/mol. The van der Waals surface area contributed by atoms with Crippen molar-refractivity contribution in [3.8, 4) is 0 Å². The van der Waals surface area contributed by atoms with E-state index in [2.05, 4.69) is 11.9 Å². The average Bonchev–Trinajstić information content (AvgIpc) is 2.25. The van der Waals surface area contributed by atoms with Gasteiger partial charge in [-0.05, 0) is 12.0 Å². The van der Waals surface area contributed by atoms with E-state index in [0.717, 1.165) is 24.9 Å². The first-order valence-electron chi connectivity index (χ1n) is 4.98. The Morgan fingerprint density at radius 1 is 1.53 bits per heavy atom. The summed E-state index contributed by atoms with van der Waals surface area (Å²) >= 11 is 0. The third-order valence-electron chi connectivity index (χ3n) is 1.96. The predicted molar refractivity (Wildman–Crippen MR) is 60.5 cm³/mol. The maximum absolute atomic E-state index is 10.5. The second-order valence-electron chi connectivity index (χ2n) is 3.24. The van der Waals surface area contributed by atoms with E-state index in [4.69, 9.17) is 0 Å². The van der Waals surface area contributed by atoms with Crippen LogP contribution >= 0.6 is 0 Å². The summed E-state index contributed by atoms with van der Waals surface area (Å²) in [6.45, 7) is 2.88. The van der Waals surface area contributed by atoms with E-state index >= 15 is 0 Å². The van der Waals surface area contributed by atoms with Crippen LogP contribution in [0, 0.1) is 10.1 Å². The minimum absolute atomic E-state index is 0.106. The number of nitro groups is 1. The minimum Gasteiger partial charge on any atom is -0.293 e. The highest BCUT2D eigenvalue weighted by Gasteiger charge is 2.03. The van der Waals surface area contributed by atoms with E-state index in [1.54, 1.807) is 12.3 Å². The first-order chi connectivity index (χ1) is 7.24. The quantitative estimate of drug-likeness (QED) is 0.322. The molecule has 1 aromatic rings. The Balaban J connectivity index is 2.65. The monoisotopic (exact) mass is 206 g/mol. The van der Waals surface area contributed by atoms with Crippen molar-refractivity contribution in [2.75, 3.05) is 6.54 Å². The number of hydrogen-bond acceptors (Lipinski definition) is 3. The molecule has 0 fully saturated rings. The highest BCUT2D eigenvalue weighted by atomic mass is 16.6. The standard InChI is InChI=1S/C11H14N2O2/c1-2-3-7-12-9-10-5-4-6-11(8-10)13(14)15/h4-6,8-9H,2-3,7H2,1H3/b12-9-. The van der Waals surface area contributed by atoms with Crippen LogP contribution in [0.15, 0.2) is 29.3 Å². The number of hydrogen-bond donors (Lipinski definition) is 0. The second kappa shape index (κ2) is 5.90. The third kappa shape index (κ3) is 3.89. The topological polar surface area (TPSA) is 55.5 Å². The Hall–Kier alpha value is -1.71. The molecule has 0 aromatic heterocycles. The van der Waals surface area contributed by atoms with Crippen molar-refractivity contribution < 1.29 is 4.92 Å². The van der Waals surface area contributed by atoms with Crippen LogP contribution in [0.25, 0.3) is 0 Å². The van der Waals surface area contributed by atoms with Crippen LogP contribution in [0.2, 0.25) is 0 Å². The van der Waals surface area contributed by atoms with Crippen molar-refractivity contribution >= 4 is 11.9 Å². The molecule has 0 radical (unpaired) electrons. The fraction of sp³-hybridized carbons (Fsp3) is 0.364. The van der Waals surface area contributed by atoms with Crippen molar-refractivity contribution in [2.24, 2.45) is 4.99 Å². The Morgan fingerprint density at radius 3 is 3.00 bits per heavy atom. The van der Waals surface area contributed by atoms with Gasteiger partial charge in [0.25, 0.3) is 5.69 Å². The molecule has 15 heavy (non-hydrogen) atoms. The largest absolute Gasteiger partial charge is 0.293 e. The normalized spacial score (nSPS) is 10.7. The van der Waals surface area contributed by atoms with Gasteiger partial charge in [0, 0.05) is 24.9 Å². The second-order valence-corrected chi connectivity index (χ2v) is 3.24. The molecule has 0 saturated carbocycles. The van der Waals surface area contributed by atoms with Crippen LogP contribution in [-0.2, 0) is 0 Å². The van der Waals surface area contributed by atoms with Crippen molar-refractivity contribution in [1.29, 1.82) is 0 Å². The SMILES string of the molecule is CCCC/N=C\c1cccc([N+](=O)[O-])c1. The van der Waals surface area contributed by atoms with Gasteiger partial charge in [0.2, 0.25) is 0 Å². The summed E-state index contributed by atoms with van der Waals surface area (Å²) in [6.07, 6.45) is 3.83. The van der Waals surface area contributed by atoms with Crippen LogP contribution in [0.5, 0.6) is 0 Å². The maximum Gasteiger partial charge on any atom is 0.270 e. The fourth-order valence-electron chi connectivity index (χ4n) is 1.14. The van der Waals surface area contributed by atoms with Gasteiger partial charge < -0.3 is 0 Å². The van der Waals surface area contributed by atoms with E-state index in [9.17, 15) is 10.1 Å². The van der Waals surface area contributed by atoms with Gasteiger partial charge in [-0.2, -0.15) is 0 Å². The Morgan fingerprint density at radius 2 is 2.33 bits per heavy atom. The van der Waals surface area contributed by atoms with Gasteiger partial charge in [0.05, 0.1) is 4.92 Å². The molecule has 0 heterocycles. The van der Waals surface area contributed by atoms with Crippen molar-refractivity contribution in [3.63, 3.8) is 0 Å². The predicted octanol–water partition coefficient (Wildman–Crippen LogP) is 2.81. The Kier molecular flexibility index (Phi) is 4.47. The first-order valence-corrected chi connectivity index (χ1v) is 4.98. The van der Waals surface area contributed by atoms with Gasteiger partial charge in [0.15, 0.2) is 0 Å². The van der Waals surface area contributed by atoms with E-state index in [1.807, 2.05) is 6.07 Å². The van der Waals surface area contributed by atoms with Gasteiger partial charge in [-0.25, -0.2) is 0 Å². The number of non-ortho nitro benzene ring substituents is 1. The Bertz CT molecular complexity index is 361. The Labute approximate surface area is 88.8 Å². The molecule has 0 spiro atoms. The van der Waals surface area contributed by atoms with Crippen LogP contribution in [0.3, 0.4) is 0 Å². The highest BCUT2D eigenvalue weighted by molar-refractivity contribution is 5.80. The van der Waals surface area contributed by atoms with Crippen molar-refractivity contribution in [1.82, 2.24) is 0 Å². The van der Waals surface area contributed by atoms with Crippen LogP contribution < -0.4 is 0 Å². The van der Waals surface area contributed by atoms with Gasteiger partial charge in [0.1, 0.15) is 0 Å². The highest BCUT2D eigenvalue weighted by Crippen LogP contribution is 2.11. The summed E-state index contributed by atoms with van der Waals surface area (Å²) in [5, 5.41) is 10.5. The van der Waals surface area contributed by atoms with Gasteiger partial charge in [-0.15, -0.1) is 0 Å². The zero-order valence-electron chi connectivity index (χ0n) is 8.72. The van der Waals surface area contributed by atoms with E-state index < -0.39 is 4.92 Å². The van der Waals surface area contributed by atoms with Crippen molar-refractivity contribution in [3.05, 3.63) is 39.9 Å². The first kappa shape index (κ1) is 11.4. The molecule has 0 amide bonds. The number of rotatable bonds is 5. The molecule has 1 rings (SSSR count). The van der Waals surface area contributed by atoms with Crippen molar-refractivity contribution in [2.45, 2.75) is 19.8 Å². The summed E-state index contributed by atoms with van der Waals surface area (Å²) in [7, 11) is 0. The molecular formula is C11H14N2O2. The summed E-state index contributed by atoms with van der Waals surface area (Å²) < 4.78 is 0. The fourth-order valence-corrected chi connectivity index (χ4v) is 1.14. The number of nitrogens with zero attached hydrogens (tertiary/aromatic N) is 2. The summed E-state index contributed by atoms with van der Waals surface area (Å²) in [5.41, 5.74) is 0.884. The number of nitro benzene ring substituents is 1. The van der Waals surface area contributed by atoms with Gasteiger partial charge in [-0.3, -0.25) is 15.1 Å². The lowest BCUT2D eigenvalue weighted by atomic mass is 10.2. The molecule has 0 N–H and O–H groups in total. The molecule has 4 nitrogen and oxygen atoms in total. The van der Waals surface area contributed by atoms with Crippen LogP contribution in [0.1, 0.15) is 25.3 Å². The molecule has 0 aliphatic heterocycles. The number of aliphatic imine (C=N–C) groups is 1. The van der Waals surface area contributed by atoms with Crippen LogP contribution in [-0.4, -0.2) is 17.7 Å².